The fourth-order valence-electron chi connectivity index (χ4n) is 2.92. The molecule has 1 aromatic heterocycles. The lowest BCUT2D eigenvalue weighted by molar-refractivity contribution is -0.646. The van der Waals surface area contributed by atoms with Crippen LogP contribution in [0.1, 0.15) is 5.69 Å². The average Bonchev–Trinajstić information content (AvgIpc) is 2.99. The number of aromatic nitrogens is 1. The van der Waals surface area contributed by atoms with Crippen molar-refractivity contribution in [2.45, 2.75) is 4.90 Å². The van der Waals surface area contributed by atoms with Crippen LogP contribution in [-0.4, -0.2) is 27.1 Å². The molecule has 6 nitrogen and oxygen atoms in total. The lowest BCUT2D eigenvalue weighted by Gasteiger charge is -2.13. The molecule has 10 heteroatoms. The van der Waals surface area contributed by atoms with Gasteiger partial charge in [0.25, 0.3) is 0 Å². The van der Waals surface area contributed by atoms with E-state index >= 15 is 0 Å². The summed E-state index contributed by atoms with van der Waals surface area (Å²) in [5.74, 6) is 0. The minimum atomic E-state index is -4.41. The van der Waals surface area contributed by atoms with Crippen LogP contribution in [0.2, 0.25) is 10.0 Å². The Morgan fingerprint density at radius 2 is 1.70 bits per heavy atom. The Bertz CT molecular complexity index is 1250. The topological polar surface area (TPSA) is 73.5 Å². The number of halogens is 2. The lowest BCUT2D eigenvalue weighted by Crippen LogP contribution is -2.33. The molecule has 0 amide bonds. The summed E-state index contributed by atoms with van der Waals surface area (Å²) in [6.07, 6.45) is 2.19. The number of pyridine rings is 1. The third-order valence-corrected chi connectivity index (χ3v) is 6.50. The summed E-state index contributed by atoms with van der Waals surface area (Å²) >= 11 is 14.0. The summed E-state index contributed by atoms with van der Waals surface area (Å²) < 4.78 is 33.2. The second kappa shape index (κ2) is 9.13. The van der Waals surface area contributed by atoms with E-state index in [1.807, 2.05) is 30.3 Å². The quantitative estimate of drug-likeness (QED) is 0.300. The van der Waals surface area contributed by atoms with Gasteiger partial charge in [-0.2, -0.15) is 4.57 Å². The molecule has 4 rings (SSSR count). The van der Waals surface area contributed by atoms with E-state index in [-0.39, 0.29) is 0 Å². The highest BCUT2D eigenvalue weighted by molar-refractivity contribution is 8.03. The number of hydrogen-bond acceptors (Lipinski definition) is 6. The summed E-state index contributed by atoms with van der Waals surface area (Å²) in [4.78, 5) is 3.38. The zero-order chi connectivity index (χ0) is 22.1. The molecule has 0 unspecified atom stereocenters. The van der Waals surface area contributed by atoms with Crippen molar-refractivity contribution in [3.8, 4) is 0 Å². The molecule has 0 fully saturated rings. The van der Waals surface area contributed by atoms with Gasteiger partial charge in [-0.15, -0.1) is 0 Å². The molecule has 2 heterocycles. The van der Waals surface area contributed by atoms with E-state index in [4.69, 9.17) is 23.2 Å². The van der Waals surface area contributed by atoms with Gasteiger partial charge in [0.15, 0.2) is 0 Å². The summed E-state index contributed by atoms with van der Waals surface area (Å²) in [6.45, 7) is 0. The maximum atomic E-state index is 9.22. The highest BCUT2D eigenvalue weighted by atomic mass is 35.5. The van der Waals surface area contributed by atoms with Crippen molar-refractivity contribution in [1.82, 2.24) is 0 Å². The summed E-state index contributed by atoms with van der Waals surface area (Å²) in [7, 11) is 0.540. The van der Waals surface area contributed by atoms with Gasteiger partial charge in [-0.25, -0.2) is 8.42 Å². The molecule has 0 saturated heterocycles. The zero-order valence-corrected chi connectivity index (χ0v) is 19.4. The number of hydrogen-bond donors (Lipinski definition) is 0. The summed E-state index contributed by atoms with van der Waals surface area (Å²) in [5, 5.41) is 3.86. The SMILES string of the molecule is CN1/C(=C/c2ccc3ccc(Cl)cc3[n+]2C)Sc2cc(Cl)ccc21.COS(=O)(=O)[O-]. The van der Waals surface area contributed by atoms with Gasteiger partial charge in [-0.3, -0.25) is 4.18 Å². The average molecular weight is 485 g/mol. The van der Waals surface area contributed by atoms with Crippen molar-refractivity contribution in [2.75, 3.05) is 19.1 Å². The van der Waals surface area contributed by atoms with Crippen LogP contribution in [0.5, 0.6) is 0 Å². The van der Waals surface area contributed by atoms with Crippen LogP contribution in [0.3, 0.4) is 0 Å². The van der Waals surface area contributed by atoms with Crippen LogP contribution >= 0.6 is 35.0 Å². The molecule has 1 aliphatic heterocycles. The van der Waals surface area contributed by atoms with E-state index in [0.717, 1.165) is 28.4 Å². The first-order valence-electron chi connectivity index (χ1n) is 8.61. The second-order valence-corrected chi connectivity index (χ2v) is 9.44. The number of rotatable bonds is 2. The Balaban J connectivity index is 0.000000377. The molecule has 0 bridgehead atoms. The minimum Gasteiger partial charge on any atom is -0.726 e. The van der Waals surface area contributed by atoms with Crippen LogP contribution in [0.15, 0.2) is 58.5 Å². The highest BCUT2D eigenvalue weighted by Gasteiger charge is 2.23. The molecule has 0 spiro atoms. The fraction of sp³-hybridized carbons (Fsp3) is 0.150. The van der Waals surface area contributed by atoms with Gasteiger partial charge in [0.2, 0.25) is 21.6 Å². The molecule has 158 valence electrons. The van der Waals surface area contributed by atoms with Gasteiger partial charge in [-0.1, -0.05) is 35.0 Å². The first-order chi connectivity index (χ1) is 14.1. The van der Waals surface area contributed by atoms with Crippen molar-refractivity contribution in [2.24, 2.45) is 7.05 Å². The smallest absolute Gasteiger partial charge is 0.217 e. The molecule has 0 atom stereocenters. The van der Waals surface area contributed by atoms with E-state index in [0.29, 0.717) is 0 Å². The molecule has 30 heavy (non-hydrogen) atoms. The maximum absolute atomic E-state index is 9.22. The molecule has 1 aliphatic rings. The standard InChI is InChI=1S/C19H15Cl2N2S.CH4O4S/c1-22-15(7-4-12-3-5-13(20)9-17(12)22)11-19-23(2)16-8-6-14(21)10-18(16)24-19;1-5-6(2,3)4/h3-11H,1-2H3;1H3,(H,2,3,4)/q+1;/p-1. The van der Waals surface area contributed by atoms with Crippen molar-refractivity contribution in [3.63, 3.8) is 0 Å². The van der Waals surface area contributed by atoms with E-state index in [1.54, 1.807) is 11.8 Å². The van der Waals surface area contributed by atoms with Gasteiger partial charge in [0.05, 0.1) is 17.8 Å². The Morgan fingerprint density at radius 1 is 1.10 bits per heavy atom. The first-order valence-corrected chi connectivity index (χ1v) is 11.5. The van der Waals surface area contributed by atoms with Crippen molar-refractivity contribution < 1.29 is 21.7 Å². The van der Waals surface area contributed by atoms with E-state index in [9.17, 15) is 13.0 Å². The number of benzene rings is 2. The largest absolute Gasteiger partial charge is 0.726 e. The van der Waals surface area contributed by atoms with Gasteiger partial charge < -0.3 is 9.45 Å². The predicted molar refractivity (Wildman–Crippen MR) is 121 cm³/mol. The highest BCUT2D eigenvalue weighted by Crippen LogP contribution is 2.46. The number of fused-ring (bicyclic) bond motifs is 2. The number of nitrogens with zero attached hydrogens (tertiary/aromatic N) is 2. The Labute approximate surface area is 189 Å². The van der Waals surface area contributed by atoms with Gasteiger partial charge in [0, 0.05) is 45.6 Å². The Hall–Kier alpha value is -1.81. The first kappa shape index (κ1) is 22.9. The van der Waals surface area contributed by atoms with Crippen molar-refractivity contribution in [1.29, 1.82) is 0 Å². The Kier molecular flexibility index (Phi) is 6.96. The van der Waals surface area contributed by atoms with Crippen LogP contribution in [0, 0.1) is 0 Å². The second-order valence-electron chi connectivity index (χ2n) is 6.35. The van der Waals surface area contributed by atoms with E-state index in [2.05, 4.69) is 52.0 Å². The van der Waals surface area contributed by atoms with E-state index < -0.39 is 10.4 Å². The van der Waals surface area contributed by atoms with Crippen molar-refractivity contribution in [3.05, 3.63) is 69.3 Å². The third kappa shape index (κ3) is 5.26. The number of thioether (sulfide) groups is 1. The molecular formula is C20H18Cl2N2O4S2. The van der Waals surface area contributed by atoms with Gasteiger partial charge in [-0.05, 0) is 36.4 Å². The van der Waals surface area contributed by atoms with E-state index in [1.165, 1.54) is 21.0 Å². The van der Waals surface area contributed by atoms with Crippen LogP contribution in [0.25, 0.3) is 17.0 Å². The molecule has 0 radical (unpaired) electrons. The number of aryl methyl sites for hydroxylation is 1. The Morgan fingerprint density at radius 3 is 2.37 bits per heavy atom. The van der Waals surface area contributed by atoms with Crippen molar-refractivity contribution >= 4 is 68.0 Å². The molecule has 0 saturated carbocycles. The van der Waals surface area contributed by atoms with Gasteiger partial charge >= 0.3 is 0 Å². The predicted octanol–water partition coefficient (Wildman–Crippen LogP) is 4.60. The van der Waals surface area contributed by atoms with Crippen LogP contribution in [0.4, 0.5) is 5.69 Å². The minimum absolute atomic E-state index is 0.748. The normalized spacial score (nSPS) is 14.6. The molecule has 2 aromatic carbocycles. The molecule has 0 N–H and O–H groups in total. The molecule has 0 aliphatic carbocycles. The number of anilines is 1. The van der Waals surface area contributed by atoms with Crippen LogP contribution in [-0.2, 0) is 21.6 Å². The summed E-state index contributed by atoms with van der Waals surface area (Å²) in [6, 6.07) is 16.2. The maximum Gasteiger partial charge on any atom is 0.217 e. The molecular weight excluding hydrogens is 467 g/mol. The monoisotopic (exact) mass is 484 g/mol. The summed E-state index contributed by atoms with van der Waals surface area (Å²) in [5.41, 5.74) is 3.42. The zero-order valence-electron chi connectivity index (χ0n) is 16.3. The van der Waals surface area contributed by atoms with Gasteiger partial charge in [0.1, 0.15) is 7.05 Å². The lowest BCUT2D eigenvalue weighted by atomic mass is 10.2. The third-order valence-electron chi connectivity index (χ3n) is 4.48. The molecule has 3 aromatic rings. The van der Waals surface area contributed by atoms with Crippen LogP contribution < -0.4 is 9.47 Å². The fourth-order valence-corrected chi connectivity index (χ4v) is 4.46.